The molecule has 0 aromatic carbocycles. The van der Waals surface area contributed by atoms with E-state index >= 15 is 0 Å². The fourth-order valence-electron chi connectivity index (χ4n) is 1.60. The Bertz CT molecular complexity index is 203. The molecule has 68 valence electrons. The number of rotatable bonds is 2. The van der Waals surface area contributed by atoms with Gasteiger partial charge in [-0.25, -0.2) is 0 Å². The molecule has 1 aliphatic rings. The van der Waals surface area contributed by atoms with Crippen LogP contribution in [0.2, 0.25) is 0 Å². The van der Waals surface area contributed by atoms with Crippen LogP contribution in [0.15, 0.2) is 0 Å². The summed E-state index contributed by atoms with van der Waals surface area (Å²) in [6, 6.07) is -0.0886. The molecule has 1 rings (SSSR count). The summed E-state index contributed by atoms with van der Waals surface area (Å²) in [5.41, 5.74) is 0. The first-order chi connectivity index (χ1) is 6.00. The Hall–Kier alpha value is -0.480. The number of carboxylic acid groups (broad SMARTS) is 1. The Morgan fingerprint density at radius 1 is 1.54 bits per heavy atom. The summed E-state index contributed by atoms with van der Waals surface area (Å²) in [7, 11) is 11.3. The Balaban J connectivity index is 2.55. The number of hydrogen-bond acceptors (Lipinski definition) is 3. The van der Waals surface area contributed by atoms with Gasteiger partial charge in [-0.3, -0.25) is 4.79 Å². The van der Waals surface area contributed by atoms with E-state index in [1.165, 1.54) is 0 Å². The third kappa shape index (κ3) is 2.74. The van der Waals surface area contributed by atoms with E-state index in [9.17, 15) is 4.79 Å². The van der Waals surface area contributed by atoms with Crippen molar-refractivity contribution in [3.8, 4) is 0 Å². The van der Waals surface area contributed by atoms with E-state index in [1.54, 1.807) is 9.62 Å². The molecule has 0 aliphatic carbocycles. The van der Waals surface area contributed by atoms with Crippen molar-refractivity contribution < 1.29 is 9.90 Å². The van der Waals surface area contributed by atoms with Gasteiger partial charge >= 0.3 is 5.97 Å². The van der Waals surface area contributed by atoms with Gasteiger partial charge in [0.15, 0.2) is 16.0 Å². The number of carbonyl (C=O) groups is 1. The second-order valence-electron chi connectivity index (χ2n) is 3.50. The SMILES string of the molecule is [B]N1CC(C)N([B])C(CC(=O)O)C1. The molecule has 1 heterocycles. The smallest absolute Gasteiger partial charge is 0.304 e. The van der Waals surface area contributed by atoms with Crippen molar-refractivity contribution in [1.82, 2.24) is 9.62 Å². The fraction of sp³-hybridized carbons (Fsp3) is 0.857. The van der Waals surface area contributed by atoms with Crippen molar-refractivity contribution in [2.24, 2.45) is 0 Å². The summed E-state index contributed by atoms with van der Waals surface area (Å²) in [6.07, 6.45) is 0.0362. The molecule has 1 N–H and O–H groups in total. The van der Waals surface area contributed by atoms with Crippen LogP contribution >= 0.6 is 0 Å². The van der Waals surface area contributed by atoms with Crippen LogP contribution in [0.25, 0.3) is 0 Å². The summed E-state index contributed by atoms with van der Waals surface area (Å²) >= 11 is 0. The maximum Gasteiger partial charge on any atom is 0.304 e. The largest absolute Gasteiger partial charge is 0.481 e. The first-order valence-electron chi connectivity index (χ1n) is 4.25. The van der Waals surface area contributed by atoms with Crippen molar-refractivity contribution in [3.63, 3.8) is 0 Å². The lowest BCUT2D eigenvalue weighted by Gasteiger charge is -2.43. The van der Waals surface area contributed by atoms with Crippen LogP contribution in [0, 0.1) is 0 Å². The molecule has 1 saturated heterocycles. The molecule has 0 bridgehead atoms. The van der Waals surface area contributed by atoms with E-state index in [0.29, 0.717) is 13.1 Å². The molecule has 13 heavy (non-hydrogen) atoms. The molecule has 6 heteroatoms. The van der Waals surface area contributed by atoms with Gasteiger partial charge in [-0.15, -0.1) is 0 Å². The minimum absolute atomic E-state index is 0.0362. The van der Waals surface area contributed by atoms with Gasteiger partial charge in [-0.1, -0.05) is 0 Å². The van der Waals surface area contributed by atoms with Crippen molar-refractivity contribution in [2.75, 3.05) is 13.1 Å². The van der Waals surface area contributed by atoms with Gasteiger partial charge in [0.25, 0.3) is 0 Å². The molecule has 2 unspecified atom stereocenters. The average Bonchev–Trinajstić information content (AvgIpc) is 1.98. The zero-order chi connectivity index (χ0) is 10.0. The van der Waals surface area contributed by atoms with E-state index in [-0.39, 0.29) is 18.5 Å². The van der Waals surface area contributed by atoms with Gasteiger partial charge in [-0.05, 0) is 6.92 Å². The lowest BCUT2D eigenvalue weighted by Crippen LogP contribution is -2.56. The van der Waals surface area contributed by atoms with Gasteiger partial charge in [0.2, 0.25) is 0 Å². The third-order valence-corrected chi connectivity index (χ3v) is 2.28. The van der Waals surface area contributed by atoms with E-state index in [2.05, 4.69) is 0 Å². The topological polar surface area (TPSA) is 43.8 Å². The van der Waals surface area contributed by atoms with Gasteiger partial charge in [0.05, 0.1) is 6.42 Å². The highest BCUT2D eigenvalue weighted by molar-refractivity contribution is 6.06. The Kier molecular flexibility index (Phi) is 3.39. The normalized spacial score (nSPS) is 31.8. The molecule has 1 fully saturated rings. The van der Waals surface area contributed by atoms with Gasteiger partial charge < -0.3 is 14.7 Å². The van der Waals surface area contributed by atoms with Gasteiger partial charge in [-0.2, -0.15) is 0 Å². The Morgan fingerprint density at radius 2 is 2.15 bits per heavy atom. The highest BCUT2D eigenvalue weighted by Gasteiger charge is 2.27. The molecule has 4 radical (unpaired) electrons. The highest BCUT2D eigenvalue weighted by Crippen LogP contribution is 2.13. The lowest BCUT2D eigenvalue weighted by molar-refractivity contribution is -0.138. The van der Waals surface area contributed by atoms with Crippen molar-refractivity contribution in [2.45, 2.75) is 25.4 Å². The zero-order valence-electron chi connectivity index (χ0n) is 7.68. The van der Waals surface area contributed by atoms with Gasteiger partial charge in [0.1, 0.15) is 0 Å². The first-order valence-corrected chi connectivity index (χ1v) is 4.25. The molecule has 2 atom stereocenters. The molecule has 0 aromatic rings. The van der Waals surface area contributed by atoms with Crippen LogP contribution in [0.5, 0.6) is 0 Å². The van der Waals surface area contributed by atoms with Crippen LogP contribution in [0.3, 0.4) is 0 Å². The van der Waals surface area contributed by atoms with Crippen molar-refractivity contribution in [1.29, 1.82) is 0 Å². The molecule has 0 spiro atoms. The third-order valence-electron chi connectivity index (χ3n) is 2.28. The van der Waals surface area contributed by atoms with Crippen LogP contribution in [-0.4, -0.2) is 61.8 Å². The molecule has 0 saturated carbocycles. The number of piperazine rings is 1. The number of hydrogen-bond donors (Lipinski definition) is 1. The van der Waals surface area contributed by atoms with Crippen molar-refractivity contribution in [3.05, 3.63) is 0 Å². The number of aliphatic carboxylic acids is 1. The predicted octanol–water partition coefficient (Wildman–Crippen LogP) is -0.997. The Labute approximate surface area is 80.7 Å². The predicted molar refractivity (Wildman–Crippen MR) is 50.4 cm³/mol. The first kappa shape index (κ1) is 10.6. The van der Waals surface area contributed by atoms with Gasteiger partial charge in [0, 0.05) is 25.2 Å². The summed E-state index contributed by atoms with van der Waals surface area (Å²) in [6.45, 7) is 3.10. The zero-order valence-corrected chi connectivity index (χ0v) is 7.68. The number of nitrogens with zero attached hydrogens (tertiary/aromatic N) is 2. The molecule has 0 amide bonds. The second kappa shape index (κ2) is 4.15. The summed E-state index contributed by atoms with van der Waals surface area (Å²) in [5, 5.41) is 8.61. The quantitative estimate of drug-likeness (QED) is 0.550. The maximum atomic E-state index is 10.5. The second-order valence-corrected chi connectivity index (χ2v) is 3.50. The van der Waals surface area contributed by atoms with Crippen LogP contribution in [0.1, 0.15) is 13.3 Å². The van der Waals surface area contributed by atoms with Crippen LogP contribution < -0.4 is 0 Å². The molecule has 1 aliphatic heterocycles. The van der Waals surface area contributed by atoms with E-state index in [4.69, 9.17) is 21.1 Å². The molecule has 4 nitrogen and oxygen atoms in total. The van der Waals surface area contributed by atoms with Crippen LogP contribution in [-0.2, 0) is 4.79 Å². The standard InChI is InChI=1S/C7H12B2N2O2/c1-5-3-10(8)4-6(11(5)9)2-7(12)13/h5-6H,2-4H2,1H3,(H,12,13). The highest BCUT2D eigenvalue weighted by atomic mass is 16.4. The summed E-state index contributed by atoms with van der Waals surface area (Å²) in [5.74, 6) is -0.844. The molecule has 0 aromatic heterocycles. The lowest BCUT2D eigenvalue weighted by atomic mass is 9.97. The minimum atomic E-state index is -0.844. The van der Waals surface area contributed by atoms with Crippen molar-refractivity contribution >= 4 is 21.9 Å². The average molecular weight is 178 g/mol. The maximum absolute atomic E-state index is 10.5. The van der Waals surface area contributed by atoms with E-state index in [0.717, 1.165) is 0 Å². The molecular weight excluding hydrogens is 166 g/mol. The number of carboxylic acids is 1. The Morgan fingerprint density at radius 3 is 2.69 bits per heavy atom. The van der Waals surface area contributed by atoms with E-state index < -0.39 is 5.97 Å². The summed E-state index contributed by atoms with van der Waals surface area (Å²) in [4.78, 5) is 13.7. The monoisotopic (exact) mass is 178 g/mol. The van der Waals surface area contributed by atoms with E-state index in [1.807, 2.05) is 6.92 Å². The van der Waals surface area contributed by atoms with Crippen LogP contribution in [0.4, 0.5) is 0 Å². The minimum Gasteiger partial charge on any atom is -0.481 e. The summed E-state index contributed by atoms with van der Waals surface area (Å²) < 4.78 is 0. The molecular formula is C7H12B2N2O2. The fourth-order valence-corrected chi connectivity index (χ4v) is 1.60.